The Balaban J connectivity index is 1.92. The van der Waals surface area contributed by atoms with Crippen LogP contribution in [0.15, 0.2) is 35.5 Å². The lowest BCUT2D eigenvalue weighted by molar-refractivity contribution is -0.160. The summed E-state index contributed by atoms with van der Waals surface area (Å²) in [6.45, 7) is 8.53. The van der Waals surface area contributed by atoms with Crippen LogP contribution in [0.1, 0.15) is 26.7 Å². The zero-order chi connectivity index (χ0) is 17.5. The van der Waals surface area contributed by atoms with Crippen molar-refractivity contribution in [2.45, 2.75) is 44.4 Å². The lowest BCUT2D eigenvalue weighted by Gasteiger charge is -2.28. The zero-order valence-corrected chi connectivity index (χ0v) is 14.1. The predicted molar refractivity (Wildman–Crippen MR) is 87.0 cm³/mol. The Bertz CT molecular complexity index is 646. The van der Waals surface area contributed by atoms with E-state index in [2.05, 4.69) is 11.5 Å². The maximum atomic E-state index is 12.5. The molecule has 6 heteroatoms. The summed E-state index contributed by atoms with van der Waals surface area (Å²) in [6, 6.07) is -0.0487. The number of nitrogens with zero attached hydrogens (tertiary/aromatic N) is 1. The summed E-state index contributed by atoms with van der Waals surface area (Å²) in [7, 11) is 0. The van der Waals surface area contributed by atoms with Crippen molar-refractivity contribution in [1.29, 1.82) is 0 Å². The molecular formula is C18H23NO5. The molecule has 0 aliphatic carbocycles. The molecule has 0 bridgehead atoms. The molecule has 3 atom stereocenters. The van der Waals surface area contributed by atoms with Crippen LogP contribution < -0.4 is 0 Å². The molecule has 3 aliphatic heterocycles. The van der Waals surface area contributed by atoms with Crippen LogP contribution in [0.25, 0.3) is 0 Å². The first-order valence-electron chi connectivity index (χ1n) is 8.21. The topological polar surface area (TPSA) is 76.1 Å². The minimum atomic E-state index is -1.85. The third-order valence-corrected chi connectivity index (χ3v) is 5.14. The van der Waals surface area contributed by atoms with E-state index in [0.717, 1.165) is 25.1 Å². The number of ether oxygens (including phenoxy) is 2. The van der Waals surface area contributed by atoms with Crippen LogP contribution in [-0.2, 0) is 19.1 Å². The van der Waals surface area contributed by atoms with E-state index in [9.17, 15) is 14.7 Å². The van der Waals surface area contributed by atoms with Gasteiger partial charge in [-0.25, -0.2) is 9.59 Å². The molecule has 0 spiro atoms. The summed E-state index contributed by atoms with van der Waals surface area (Å²) >= 11 is 0. The van der Waals surface area contributed by atoms with Crippen LogP contribution in [0.5, 0.6) is 0 Å². The van der Waals surface area contributed by atoms with Gasteiger partial charge in [0.05, 0.1) is 6.04 Å². The zero-order valence-electron chi connectivity index (χ0n) is 14.1. The van der Waals surface area contributed by atoms with Crippen molar-refractivity contribution < 1.29 is 24.2 Å². The second kappa shape index (κ2) is 6.18. The quantitative estimate of drug-likeness (QED) is 0.407. The Labute approximate surface area is 141 Å². The lowest BCUT2D eigenvalue weighted by atomic mass is 9.91. The van der Waals surface area contributed by atoms with Gasteiger partial charge in [-0.15, -0.1) is 0 Å². The SMILES string of the molecule is C=C1C/C(=C\C)C(=O)O[C@@H]2CCN3CC=C(COC(=O)[C@]1(C)O)C23. The van der Waals surface area contributed by atoms with Crippen LogP contribution in [-0.4, -0.2) is 59.4 Å². The summed E-state index contributed by atoms with van der Waals surface area (Å²) in [4.78, 5) is 27.0. The summed E-state index contributed by atoms with van der Waals surface area (Å²) in [5.41, 5.74) is -0.330. The number of allylic oxidation sites excluding steroid dienone is 1. The van der Waals surface area contributed by atoms with Gasteiger partial charge in [0.2, 0.25) is 0 Å². The number of carbonyl (C=O) groups is 2. The Morgan fingerprint density at radius 2 is 2.21 bits per heavy atom. The first-order chi connectivity index (χ1) is 11.3. The molecule has 0 aromatic carbocycles. The molecule has 3 aliphatic rings. The molecule has 0 saturated carbocycles. The van der Waals surface area contributed by atoms with E-state index in [-0.39, 0.29) is 30.7 Å². The maximum Gasteiger partial charge on any atom is 0.342 e. The average molecular weight is 333 g/mol. The van der Waals surface area contributed by atoms with E-state index < -0.39 is 17.5 Å². The van der Waals surface area contributed by atoms with Gasteiger partial charge in [-0.1, -0.05) is 18.7 Å². The van der Waals surface area contributed by atoms with Gasteiger partial charge in [-0.05, 0) is 31.4 Å². The van der Waals surface area contributed by atoms with Crippen LogP contribution in [0.2, 0.25) is 0 Å². The first-order valence-corrected chi connectivity index (χ1v) is 8.21. The van der Waals surface area contributed by atoms with E-state index in [0.29, 0.717) is 5.57 Å². The van der Waals surface area contributed by atoms with Crippen LogP contribution in [0, 0.1) is 0 Å². The van der Waals surface area contributed by atoms with Crippen molar-refractivity contribution in [2.75, 3.05) is 19.7 Å². The summed E-state index contributed by atoms with van der Waals surface area (Å²) in [5.74, 6) is -1.16. The third kappa shape index (κ3) is 2.80. The third-order valence-electron chi connectivity index (χ3n) is 5.14. The van der Waals surface area contributed by atoms with Gasteiger partial charge < -0.3 is 14.6 Å². The smallest absolute Gasteiger partial charge is 0.342 e. The fourth-order valence-corrected chi connectivity index (χ4v) is 3.47. The van der Waals surface area contributed by atoms with Gasteiger partial charge in [-0.3, -0.25) is 4.90 Å². The highest BCUT2D eigenvalue weighted by Crippen LogP contribution is 2.33. The standard InChI is InChI=1S/C18H23NO5/c1-4-12-9-11(2)18(3,22)17(21)23-10-13-5-7-19-8-6-14(15(13)19)24-16(12)20/h4-5,14-15,22H,2,6-10H2,1,3H3/b12-4+/t14-,15?,18-/m1/s1. The number of cyclic esters (lactones) is 1. The molecule has 0 aromatic rings. The molecule has 3 heterocycles. The van der Waals surface area contributed by atoms with Crippen molar-refractivity contribution in [1.82, 2.24) is 4.90 Å². The number of hydrogen-bond acceptors (Lipinski definition) is 6. The molecule has 0 aromatic heterocycles. The number of carbonyl (C=O) groups excluding carboxylic acids is 2. The number of aliphatic hydroxyl groups is 1. The van der Waals surface area contributed by atoms with Gasteiger partial charge in [0.15, 0.2) is 5.60 Å². The highest BCUT2D eigenvalue weighted by Gasteiger charge is 2.44. The summed E-state index contributed by atoms with van der Waals surface area (Å²) < 4.78 is 11.1. The average Bonchev–Trinajstić information content (AvgIpc) is 3.12. The predicted octanol–water partition coefficient (Wildman–Crippen LogP) is 1.11. The van der Waals surface area contributed by atoms with Crippen molar-refractivity contribution in [2.24, 2.45) is 0 Å². The fourth-order valence-electron chi connectivity index (χ4n) is 3.47. The summed E-state index contributed by atoms with van der Waals surface area (Å²) in [5, 5.41) is 10.5. The monoisotopic (exact) mass is 333 g/mol. The highest BCUT2D eigenvalue weighted by molar-refractivity contribution is 5.90. The van der Waals surface area contributed by atoms with Gasteiger partial charge >= 0.3 is 11.9 Å². The van der Waals surface area contributed by atoms with Gasteiger partial charge in [0.1, 0.15) is 12.7 Å². The van der Waals surface area contributed by atoms with Crippen LogP contribution in [0.3, 0.4) is 0 Å². The van der Waals surface area contributed by atoms with Crippen LogP contribution in [0.4, 0.5) is 0 Å². The number of esters is 2. The molecule has 2 saturated heterocycles. The molecular weight excluding hydrogens is 310 g/mol. The second-order valence-corrected chi connectivity index (χ2v) is 6.69. The Morgan fingerprint density at radius 3 is 2.92 bits per heavy atom. The lowest BCUT2D eigenvalue weighted by Crippen LogP contribution is -2.42. The van der Waals surface area contributed by atoms with E-state index in [1.165, 1.54) is 6.92 Å². The Hall–Kier alpha value is -1.92. The highest BCUT2D eigenvalue weighted by atomic mass is 16.6. The second-order valence-electron chi connectivity index (χ2n) is 6.69. The van der Waals surface area contributed by atoms with Crippen molar-refractivity contribution in [3.63, 3.8) is 0 Å². The minimum Gasteiger partial charge on any atom is -0.459 e. The largest absolute Gasteiger partial charge is 0.459 e. The molecule has 6 nitrogen and oxygen atoms in total. The molecule has 1 N–H and O–H groups in total. The van der Waals surface area contributed by atoms with E-state index in [1.807, 2.05) is 6.08 Å². The molecule has 0 radical (unpaired) electrons. The van der Waals surface area contributed by atoms with Gasteiger partial charge in [0, 0.05) is 25.1 Å². The van der Waals surface area contributed by atoms with E-state index in [1.54, 1.807) is 13.0 Å². The molecule has 0 amide bonds. The van der Waals surface area contributed by atoms with E-state index in [4.69, 9.17) is 9.47 Å². The fraction of sp³-hybridized carbons (Fsp3) is 0.556. The van der Waals surface area contributed by atoms with Crippen molar-refractivity contribution in [3.8, 4) is 0 Å². The molecule has 2 fully saturated rings. The van der Waals surface area contributed by atoms with Crippen LogP contribution >= 0.6 is 0 Å². The molecule has 1 unspecified atom stereocenters. The summed E-state index contributed by atoms with van der Waals surface area (Å²) in [6.07, 6.45) is 4.23. The first kappa shape index (κ1) is 16.9. The Kier molecular flexibility index (Phi) is 4.36. The number of hydrogen-bond donors (Lipinski definition) is 1. The number of rotatable bonds is 0. The van der Waals surface area contributed by atoms with Gasteiger partial charge in [-0.2, -0.15) is 0 Å². The minimum absolute atomic E-state index is 0.0487. The molecule has 3 rings (SSSR count). The van der Waals surface area contributed by atoms with Crippen molar-refractivity contribution >= 4 is 11.9 Å². The molecule has 24 heavy (non-hydrogen) atoms. The van der Waals surface area contributed by atoms with Crippen molar-refractivity contribution in [3.05, 3.63) is 35.5 Å². The van der Waals surface area contributed by atoms with E-state index >= 15 is 0 Å². The Morgan fingerprint density at radius 1 is 1.46 bits per heavy atom. The molecule has 130 valence electrons. The van der Waals surface area contributed by atoms with Gasteiger partial charge in [0.25, 0.3) is 0 Å². The maximum absolute atomic E-state index is 12.5. The normalized spacial score (nSPS) is 36.5.